The third kappa shape index (κ3) is 12.3. The number of ether oxygens (including phenoxy) is 2. The molecule has 0 saturated carbocycles. The van der Waals surface area contributed by atoms with Crippen LogP contribution in [-0.2, 0) is 30.3 Å². The Bertz CT molecular complexity index is 1410. The van der Waals surface area contributed by atoms with Gasteiger partial charge in [-0.25, -0.2) is 9.59 Å². The summed E-state index contributed by atoms with van der Waals surface area (Å²) >= 11 is 0. The second-order valence-corrected chi connectivity index (χ2v) is 15.7. The van der Waals surface area contributed by atoms with Crippen LogP contribution >= 0.6 is 0 Å². The molecule has 2 N–H and O–H groups in total. The fourth-order valence-corrected chi connectivity index (χ4v) is 5.45. The third-order valence-corrected chi connectivity index (χ3v) is 7.97. The van der Waals surface area contributed by atoms with Gasteiger partial charge in [0.2, 0.25) is 11.8 Å². The smallest absolute Gasteiger partial charge is 0.408 e. The van der Waals surface area contributed by atoms with E-state index in [2.05, 4.69) is 10.6 Å². The molecule has 0 aliphatic rings. The van der Waals surface area contributed by atoms with Crippen molar-refractivity contribution >= 4 is 23.9 Å². The summed E-state index contributed by atoms with van der Waals surface area (Å²) in [6.07, 6.45) is 0.316. The number of nitrogens with one attached hydrogen (secondary N) is 2. The van der Waals surface area contributed by atoms with E-state index < -0.39 is 58.7 Å². The lowest BCUT2D eigenvalue weighted by molar-refractivity contribution is -0.159. The van der Waals surface area contributed by atoms with Gasteiger partial charge in [0.15, 0.2) is 0 Å². The van der Waals surface area contributed by atoms with E-state index in [1.165, 1.54) is 0 Å². The molecule has 48 heavy (non-hydrogen) atoms. The lowest BCUT2D eigenvalue weighted by Gasteiger charge is -2.45. The van der Waals surface area contributed by atoms with Crippen LogP contribution in [-0.4, -0.2) is 57.6 Å². The van der Waals surface area contributed by atoms with Crippen molar-refractivity contribution in [3.05, 3.63) is 70.8 Å². The first kappa shape index (κ1) is 40.3. The number of amides is 3. The molecule has 0 radical (unpaired) electrons. The second kappa shape index (κ2) is 16.5. The SMILES string of the molecule is CCC(C)(C)N(C(=O)C(CC(C)C)NC(=O)OC(C)(C)C)C(C(=O)NC(Cc1ccccc1)C(=O)OC(C)(C)C)c1ccc(C)cc1C. The zero-order valence-electron chi connectivity index (χ0n) is 31.4. The van der Waals surface area contributed by atoms with Gasteiger partial charge in [0.25, 0.3) is 0 Å². The van der Waals surface area contributed by atoms with Gasteiger partial charge in [0.1, 0.15) is 29.3 Å². The Hall–Kier alpha value is -3.88. The van der Waals surface area contributed by atoms with Gasteiger partial charge in [0.05, 0.1) is 0 Å². The normalized spacial score (nSPS) is 14.0. The molecule has 3 atom stereocenters. The first-order valence-corrected chi connectivity index (χ1v) is 17.0. The van der Waals surface area contributed by atoms with Crippen LogP contribution in [0.3, 0.4) is 0 Å². The van der Waals surface area contributed by atoms with Gasteiger partial charge in [0, 0.05) is 12.0 Å². The Morgan fingerprint density at radius 2 is 1.38 bits per heavy atom. The summed E-state index contributed by atoms with van der Waals surface area (Å²) < 4.78 is 11.3. The summed E-state index contributed by atoms with van der Waals surface area (Å²) in [7, 11) is 0. The number of hydrogen-bond acceptors (Lipinski definition) is 6. The maximum Gasteiger partial charge on any atom is 0.408 e. The van der Waals surface area contributed by atoms with Crippen molar-refractivity contribution in [3.8, 4) is 0 Å². The molecule has 0 heterocycles. The van der Waals surface area contributed by atoms with E-state index in [0.29, 0.717) is 18.4 Å². The maximum absolute atomic E-state index is 14.9. The Morgan fingerprint density at radius 3 is 1.88 bits per heavy atom. The molecule has 0 bridgehead atoms. The molecule has 2 rings (SSSR count). The molecule has 0 saturated heterocycles. The standard InChI is InChI=1S/C39H59N3O6/c1-14-39(12,13)42(34(44)30(22-25(2)3)41-36(46)48-38(9,10)11)32(29-21-20-26(4)23-27(29)5)33(43)40-31(35(45)47-37(6,7)8)24-28-18-16-15-17-19-28/h15-21,23,25,30-32H,14,22,24H2,1-13H3,(H,40,43)(H,41,46). The Labute approximate surface area is 288 Å². The molecule has 2 aromatic rings. The summed E-state index contributed by atoms with van der Waals surface area (Å²) in [6.45, 7) is 24.2. The van der Waals surface area contributed by atoms with Gasteiger partial charge >= 0.3 is 12.1 Å². The van der Waals surface area contributed by atoms with Gasteiger partial charge < -0.3 is 25.0 Å². The number of carbonyl (C=O) groups is 4. The van der Waals surface area contributed by atoms with Crippen LogP contribution in [0.15, 0.2) is 48.5 Å². The molecule has 0 aromatic heterocycles. The molecule has 2 aromatic carbocycles. The summed E-state index contributed by atoms with van der Waals surface area (Å²) in [5.74, 6) is -1.48. The molecular formula is C39H59N3O6. The zero-order chi connectivity index (χ0) is 36.6. The first-order valence-electron chi connectivity index (χ1n) is 17.0. The van der Waals surface area contributed by atoms with E-state index in [4.69, 9.17) is 9.47 Å². The average molecular weight is 666 g/mol. The van der Waals surface area contributed by atoms with Crippen molar-refractivity contribution in [2.24, 2.45) is 5.92 Å². The summed E-state index contributed by atoms with van der Waals surface area (Å²) in [5.41, 5.74) is 0.887. The van der Waals surface area contributed by atoms with Gasteiger partial charge in [-0.1, -0.05) is 74.9 Å². The predicted molar refractivity (Wildman–Crippen MR) is 190 cm³/mol. The van der Waals surface area contributed by atoms with E-state index in [1.807, 2.05) is 97.0 Å². The predicted octanol–water partition coefficient (Wildman–Crippen LogP) is 7.37. The Balaban J connectivity index is 2.75. The highest BCUT2D eigenvalue weighted by molar-refractivity contribution is 5.94. The van der Waals surface area contributed by atoms with E-state index in [9.17, 15) is 19.2 Å². The second-order valence-electron chi connectivity index (χ2n) is 15.7. The van der Waals surface area contributed by atoms with Crippen LogP contribution in [0.25, 0.3) is 0 Å². The highest BCUT2D eigenvalue weighted by Gasteiger charge is 2.44. The number of hydrogen-bond donors (Lipinski definition) is 2. The largest absolute Gasteiger partial charge is 0.458 e. The van der Waals surface area contributed by atoms with Crippen molar-refractivity contribution in [3.63, 3.8) is 0 Å². The lowest BCUT2D eigenvalue weighted by Crippen LogP contribution is -2.60. The summed E-state index contributed by atoms with van der Waals surface area (Å²) in [4.78, 5) is 57.9. The molecular weight excluding hydrogens is 606 g/mol. The Kier molecular flexibility index (Phi) is 13.8. The minimum absolute atomic E-state index is 0.0382. The van der Waals surface area contributed by atoms with Crippen molar-refractivity contribution in [2.75, 3.05) is 0 Å². The van der Waals surface area contributed by atoms with Crippen LogP contribution in [0, 0.1) is 19.8 Å². The molecule has 9 nitrogen and oxygen atoms in total. The fourth-order valence-electron chi connectivity index (χ4n) is 5.45. The topological polar surface area (TPSA) is 114 Å². The molecule has 3 amide bonds. The van der Waals surface area contributed by atoms with Crippen LogP contribution < -0.4 is 10.6 Å². The quantitative estimate of drug-likeness (QED) is 0.216. The van der Waals surface area contributed by atoms with Crippen molar-refractivity contribution < 1.29 is 28.7 Å². The number of rotatable bonds is 13. The number of nitrogens with zero attached hydrogens (tertiary/aromatic N) is 1. The highest BCUT2D eigenvalue weighted by Crippen LogP contribution is 2.35. The maximum atomic E-state index is 14.9. The minimum atomic E-state index is -1.14. The van der Waals surface area contributed by atoms with Crippen molar-refractivity contribution in [2.45, 2.75) is 144 Å². The van der Waals surface area contributed by atoms with Gasteiger partial charge in [-0.15, -0.1) is 0 Å². The number of benzene rings is 2. The van der Waals surface area contributed by atoms with E-state index >= 15 is 0 Å². The molecule has 266 valence electrons. The molecule has 9 heteroatoms. The van der Waals surface area contributed by atoms with E-state index in [-0.39, 0.29) is 12.3 Å². The molecule has 0 aliphatic carbocycles. The molecule has 0 aliphatic heterocycles. The molecule has 3 unspecified atom stereocenters. The first-order chi connectivity index (χ1) is 22.0. The summed E-state index contributed by atoms with van der Waals surface area (Å²) in [6, 6.07) is 12.0. The van der Waals surface area contributed by atoms with E-state index in [1.54, 1.807) is 46.4 Å². The molecule has 0 spiro atoms. The van der Waals surface area contributed by atoms with Crippen LogP contribution in [0.1, 0.15) is 117 Å². The summed E-state index contributed by atoms with van der Waals surface area (Å²) in [5, 5.41) is 5.80. The monoisotopic (exact) mass is 665 g/mol. The van der Waals surface area contributed by atoms with Gasteiger partial charge in [-0.3, -0.25) is 9.59 Å². The van der Waals surface area contributed by atoms with Crippen molar-refractivity contribution in [1.29, 1.82) is 0 Å². The zero-order valence-corrected chi connectivity index (χ0v) is 31.4. The van der Waals surface area contributed by atoms with Crippen LogP contribution in [0.2, 0.25) is 0 Å². The Morgan fingerprint density at radius 1 is 0.792 bits per heavy atom. The highest BCUT2D eigenvalue weighted by atomic mass is 16.6. The number of alkyl carbamates (subject to hydrolysis) is 1. The molecule has 0 fully saturated rings. The fraction of sp³-hybridized carbons (Fsp3) is 0.590. The lowest BCUT2D eigenvalue weighted by atomic mass is 9.89. The number of carbonyl (C=O) groups excluding carboxylic acids is 4. The van der Waals surface area contributed by atoms with E-state index in [0.717, 1.165) is 16.7 Å². The van der Waals surface area contributed by atoms with Crippen molar-refractivity contribution in [1.82, 2.24) is 15.5 Å². The third-order valence-electron chi connectivity index (χ3n) is 7.97. The van der Waals surface area contributed by atoms with Gasteiger partial charge in [-0.05, 0) is 105 Å². The van der Waals surface area contributed by atoms with Crippen LogP contribution in [0.4, 0.5) is 4.79 Å². The number of aryl methyl sites for hydroxylation is 2. The number of esters is 1. The van der Waals surface area contributed by atoms with Gasteiger partial charge in [-0.2, -0.15) is 0 Å². The average Bonchev–Trinajstić information content (AvgIpc) is 2.93. The van der Waals surface area contributed by atoms with Crippen LogP contribution in [0.5, 0.6) is 0 Å². The minimum Gasteiger partial charge on any atom is -0.458 e.